The first kappa shape index (κ1) is 29.8. The molecule has 0 saturated carbocycles. The van der Waals surface area contributed by atoms with E-state index in [4.69, 9.17) is 19.2 Å². The number of methoxy groups -OCH3 is 1. The van der Waals surface area contributed by atoms with E-state index < -0.39 is 12.0 Å². The third-order valence-corrected chi connectivity index (χ3v) is 9.19. The highest BCUT2D eigenvalue weighted by Crippen LogP contribution is 2.36. The van der Waals surface area contributed by atoms with Crippen LogP contribution in [-0.2, 0) is 16.1 Å². The number of aromatic nitrogens is 1. The van der Waals surface area contributed by atoms with Crippen LogP contribution in [0.5, 0.6) is 11.5 Å². The van der Waals surface area contributed by atoms with Gasteiger partial charge < -0.3 is 14.2 Å². The van der Waals surface area contributed by atoms with Crippen molar-refractivity contribution in [2.24, 2.45) is 4.99 Å². The maximum Gasteiger partial charge on any atom is 0.338 e. The van der Waals surface area contributed by atoms with Gasteiger partial charge >= 0.3 is 5.97 Å². The van der Waals surface area contributed by atoms with Gasteiger partial charge in [0, 0.05) is 0 Å². The van der Waals surface area contributed by atoms with Crippen molar-refractivity contribution in [1.82, 2.24) is 4.57 Å². The van der Waals surface area contributed by atoms with Crippen LogP contribution in [0.2, 0.25) is 0 Å². The summed E-state index contributed by atoms with van der Waals surface area (Å²) in [6, 6.07) is 26.9. The fourth-order valence-electron chi connectivity index (χ4n) is 5.42. The number of benzene rings is 4. The summed E-state index contributed by atoms with van der Waals surface area (Å²) in [5.74, 6) is 0.730. The lowest BCUT2D eigenvalue weighted by atomic mass is 9.91. The summed E-state index contributed by atoms with van der Waals surface area (Å²) in [6.07, 6.45) is 1.83. The number of ether oxygens (including phenoxy) is 3. The Morgan fingerprint density at radius 1 is 1.05 bits per heavy atom. The zero-order valence-electron chi connectivity index (χ0n) is 24.4. The fraction of sp³-hybridized carbons (Fsp3) is 0.171. The molecule has 222 valence electrons. The van der Waals surface area contributed by atoms with Crippen LogP contribution in [0.3, 0.4) is 0 Å². The smallest absolute Gasteiger partial charge is 0.338 e. The monoisotopic (exact) mass is 716 g/mol. The maximum absolute atomic E-state index is 14.2. The van der Waals surface area contributed by atoms with Crippen LogP contribution in [0.4, 0.5) is 0 Å². The molecule has 1 aliphatic heterocycles. The van der Waals surface area contributed by atoms with E-state index in [1.54, 1.807) is 25.5 Å². The van der Waals surface area contributed by atoms with Gasteiger partial charge in [-0.05, 0) is 82.1 Å². The van der Waals surface area contributed by atoms with Crippen molar-refractivity contribution in [2.45, 2.75) is 26.5 Å². The highest BCUT2D eigenvalue weighted by Gasteiger charge is 2.34. The van der Waals surface area contributed by atoms with Crippen LogP contribution < -0.4 is 24.4 Å². The Hall–Kier alpha value is -4.22. The van der Waals surface area contributed by atoms with E-state index in [2.05, 4.69) is 22.6 Å². The molecule has 5 aromatic rings. The van der Waals surface area contributed by atoms with Crippen LogP contribution >= 0.6 is 33.9 Å². The van der Waals surface area contributed by atoms with Gasteiger partial charge in [0.1, 0.15) is 6.61 Å². The fourth-order valence-corrected chi connectivity index (χ4v) is 7.25. The molecule has 0 fully saturated rings. The molecule has 0 saturated heterocycles. The molecule has 0 N–H and O–H groups in total. The Labute approximate surface area is 271 Å². The molecule has 0 spiro atoms. The van der Waals surface area contributed by atoms with E-state index in [0.29, 0.717) is 38.7 Å². The minimum Gasteiger partial charge on any atom is -0.493 e. The second-order valence-corrected chi connectivity index (χ2v) is 12.4. The van der Waals surface area contributed by atoms with Crippen molar-refractivity contribution < 1.29 is 19.0 Å². The summed E-state index contributed by atoms with van der Waals surface area (Å²) in [6.45, 7) is 4.18. The summed E-state index contributed by atoms with van der Waals surface area (Å²) in [5.41, 5.74) is 3.33. The summed E-state index contributed by atoms with van der Waals surface area (Å²) < 4.78 is 20.3. The number of thiazole rings is 1. The molecule has 9 heteroatoms. The van der Waals surface area contributed by atoms with Gasteiger partial charge in [0.05, 0.1) is 39.1 Å². The highest BCUT2D eigenvalue weighted by atomic mass is 127. The number of halogens is 1. The zero-order valence-corrected chi connectivity index (χ0v) is 27.3. The molecule has 44 heavy (non-hydrogen) atoms. The lowest BCUT2D eigenvalue weighted by Crippen LogP contribution is -2.40. The topological polar surface area (TPSA) is 79.1 Å². The predicted molar refractivity (Wildman–Crippen MR) is 181 cm³/mol. The van der Waals surface area contributed by atoms with Crippen molar-refractivity contribution in [3.05, 3.63) is 136 Å². The summed E-state index contributed by atoms with van der Waals surface area (Å²) in [7, 11) is 1.60. The highest BCUT2D eigenvalue weighted by molar-refractivity contribution is 14.1. The van der Waals surface area contributed by atoms with Gasteiger partial charge in [-0.15, -0.1) is 0 Å². The molecule has 7 nitrogen and oxygen atoms in total. The molecule has 6 rings (SSSR count). The molecular formula is C35H29IN2O5S. The van der Waals surface area contributed by atoms with Crippen LogP contribution in [0, 0.1) is 3.57 Å². The number of rotatable bonds is 8. The first-order valence-corrected chi connectivity index (χ1v) is 16.0. The number of carbonyl (C=O) groups is 1. The van der Waals surface area contributed by atoms with Crippen molar-refractivity contribution in [2.75, 3.05) is 13.7 Å². The standard InChI is InChI=1S/C35H29IN2O5S/c1-4-42-34(40)30-21(2)37-35-38(31(30)26-16-10-14-24-13-8-9-15-25(24)26)33(39)29(44-35)19-23-17-27(36)32(28(18-23)41-3)43-20-22-11-6-5-7-12-22/h5-19,31H,4,20H2,1-3H3/b29-19-/t31-/m0/s1. The molecule has 0 unspecified atom stereocenters. The second kappa shape index (κ2) is 12.8. The van der Waals surface area contributed by atoms with E-state index in [1.807, 2.05) is 91.0 Å². The summed E-state index contributed by atoms with van der Waals surface area (Å²) in [5, 5.41) is 1.97. The van der Waals surface area contributed by atoms with Gasteiger partial charge in [-0.3, -0.25) is 9.36 Å². The van der Waals surface area contributed by atoms with Crippen LogP contribution in [0.15, 0.2) is 106 Å². The number of nitrogens with zero attached hydrogens (tertiary/aromatic N) is 2. The summed E-state index contributed by atoms with van der Waals surface area (Å²) in [4.78, 5) is 32.8. The van der Waals surface area contributed by atoms with Gasteiger partial charge in [0.25, 0.3) is 5.56 Å². The molecule has 1 aromatic heterocycles. The molecule has 0 aliphatic carbocycles. The minimum atomic E-state index is -0.693. The van der Waals surface area contributed by atoms with Crippen molar-refractivity contribution >= 4 is 56.7 Å². The molecular weight excluding hydrogens is 687 g/mol. The maximum atomic E-state index is 14.2. The first-order chi connectivity index (χ1) is 21.4. The third-order valence-electron chi connectivity index (χ3n) is 7.41. The van der Waals surface area contributed by atoms with Gasteiger partial charge in [0.2, 0.25) is 0 Å². The summed E-state index contributed by atoms with van der Waals surface area (Å²) >= 11 is 3.51. The molecule has 4 aromatic carbocycles. The van der Waals surface area contributed by atoms with Crippen LogP contribution in [0.25, 0.3) is 16.8 Å². The first-order valence-electron chi connectivity index (χ1n) is 14.1. The molecule has 1 atom stereocenters. The zero-order chi connectivity index (χ0) is 30.8. The third kappa shape index (κ3) is 5.69. The Balaban J connectivity index is 1.47. The van der Waals surface area contributed by atoms with Gasteiger partial charge in [-0.25, -0.2) is 9.79 Å². The van der Waals surface area contributed by atoms with Crippen LogP contribution in [0.1, 0.15) is 36.6 Å². The SMILES string of the molecule is CCOC(=O)C1=C(C)N=c2s/c(=C\c3cc(I)c(OCc4ccccc4)c(OC)c3)c(=O)n2[C@H]1c1cccc2ccccc12. The lowest BCUT2D eigenvalue weighted by Gasteiger charge is -2.25. The average molecular weight is 717 g/mol. The number of hydrogen-bond acceptors (Lipinski definition) is 7. The van der Waals surface area contributed by atoms with Gasteiger partial charge in [0.15, 0.2) is 16.3 Å². The minimum absolute atomic E-state index is 0.216. The van der Waals surface area contributed by atoms with Crippen LogP contribution in [-0.4, -0.2) is 24.3 Å². The molecule has 0 radical (unpaired) electrons. The lowest BCUT2D eigenvalue weighted by molar-refractivity contribution is -0.139. The predicted octanol–water partition coefficient (Wildman–Crippen LogP) is 6.14. The number of allylic oxidation sites excluding steroid dienone is 1. The molecule has 0 bridgehead atoms. The number of fused-ring (bicyclic) bond motifs is 2. The van der Waals surface area contributed by atoms with Gasteiger partial charge in [-0.2, -0.15) is 0 Å². The van der Waals surface area contributed by atoms with E-state index in [-0.39, 0.29) is 12.2 Å². The van der Waals surface area contributed by atoms with E-state index >= 15 is 0 Å². The Bertz CT molecular complexity index is 2090. The van der Waals surface area contributed by atoms with E-state index in [9.17, 15) is 9.59 Å². The van der Waals surface area contributed by atoms with E-state index in [0.717, 1.165) is 31.0 Å². The molecule has 1 aliphatic rings. The Morgan fingerprint density at radius 3 is 2.57 bits per heavy atom. The normalized spacial score (nSPS) is 14.7. The van der Waals surface area contributed by atoms with Crippen molar-refractivity contribution in [1.29, 1.82) is 0 Å². The van der Waals surface area contributed by atoms with Crippen molar-refractivity contribution in [3.8, 4) is 11.5 Å². The Morgan fingerprint density at radius 2 is 1.80 bits per heavy atom. The second-order valence-electron chi connectivity index (χ2n) is 10.2. The molecule has 2 heterocycles. The number of esters is 1. The quantitative estimate of drug-likeness (QED) is 0.143. The van der Waals surface area contributed by atoms with E-state index in [1.165, 1.54) is 11.3 Å². The largest absolute Gasteiger partial charge is 0.493 e. The Kier molecular flexibility index (Phi) is 8.67. The molecule has 0 amide bonds. The van der Waals surface area contributed by atoms with Gasteiger partial charge in [-0.1, -0.05) is 84.1 Å². The number of carbonyl (C=O) groups excluding carboxylic acids is 1. The van der Waals surface area contributed by atoms with Crippen molar-refractivity contribution in [3.63, 3.8) is 0 Å². The average Bonchev–Trinajstić information content (AvgIpc) is 3.33. The number of hydrogen-bond donors (Lipinski definition) is 0.